The molecule has 2 amide bonds. The largest absolute Gasteiger partial charge is 0.486 e. The van der Waals surface area contributed by atoms with Crippen LogP contribution in [0.2, 0.25) is 5.02 Å². The maximum absolute atomic E-state index is 13.7. The molecule has 12 heteroatoms. The van der Waals surface area contributed by atoms with Gasteiger partial charge in [0.25, 0.3) is 5.91 Å². The molecule has 1 fully saturated rings. The molecule has 0 spiro atoms. The number of fused-ring (bicyclic) bond motifs is 1. The molecule has 2 heterocycles. The van der Waals surface area contributed by atoms with Crippen molar-refractivity contribution in [1.29, 1.82) is 0 Å². The predicted molar refractivity (Wildman–Crippen MR) is 151 cm³/mol. The first-order valence-corrected chi connectivity index (χ1v) is 15.2. The van der Waals surface area contributed by atoms with Crippen molar-refractivity contribution in [2.24, 2.45) is 11.8 Å². The normalized spacial score (nSPS) is 21.2. The van der Waals surface area contributed by atoms with Crippen LogP contribution in [-0.2, 0) is 19.6 Å². The lowest BCUT2D eigenvalue weighted by molar-refractivity contribution is -0.122. The van der Waals surface area contributed by atoms with E-state index in [2.05, 4.69) is 5.32 Å². The van der Waals surface area contributed by atoms with E-state index in [0.29, 0.717) is 36.8 Å². The number of anilines is 1. The zero-order chi connectivity index (χ0) is 29.0. The summed E-state index contributed by atoms with van der Waals surface area (Å²) in [4.78, 5) is 28.4. The Labute approximate surface area is 240 Å². The molecular weight excluding hydrogens is 558 g/mol. The van der Waals surface area contributed by atoms with Gasteiger partial charge < -0.3 is 24.8 Å². The molecule has 2 aliphatic rings. The SMILES string of the molecule is C[C@@H]1CN([C@H](C)CO)C(=O)c2cccc(NC(=O)C3CCOCC3)c2O[C@@H]1CN(C)S(=O)(=O)c1ccc(Cl)cc1. The smallest absolute Gasteiger partial charge is 0.258 e. The highest BCUT2D eigenvalue weighted by Gasteiger charge is 2.36. The second-order valence-electron chi connectivity index (χ2n) is 10.4. The van der Waals surface area contributed by atoms with Gasteiger partial charge in [-0.05, 0) is 56.2 Å². The molecule has 0 radical (unpaired) electrons. The van der Waals surface area contributed by atoms with Gasteiger partial charge in [0, 0.05) is 43.7 Å². The molecule has 2 aliphatic heterocycles. The van der Waals surface area contributed by atoms with Gasteiger partial charge in [-0.1, -0.05) is 24.6 Å². The van der Waals surface area contributed by atoms with Gasteiger partial charge in [0.1, 0.15) is 6.10 Å². The molecular formula is C28H36ClN3O7S. The number of aliphatic hydroxyl groups excluding tert-OH is 1. The molecule has 3 atom stereocenters. The van der Waals surface area contributed by atoms with Crippen LogP contribution >= 0.6 is 11.6 Å². The minimum absolute atomic E-state index is 0.0245. The average Bonchev–Trinajstić information content (AvgIpc) is 2.95. The molecule has 4 rings (SSSR count). The van der Waals surface area contributed by atoms with E-state index in [1.54, 1.807) is 30.0 Å². The van der Waals surface area contributed by atoms with Crippen molar-refractivity contribution in [2.45, 2.75) is 43.7 Å². The number of aliphatic hydroxyl groups is 1. The zero-order valence-electron chi connectivity index (χ0n) is 22.9. The minimum Gasteiger partial charge on any atom is -0.486 e. The quantitative estimate of drug-likeness (QED) is 0.481. The fourth-order valence-corrected chi connectivity index (χ4v) is 6.20. The van der Waals surface area contributed by atoms with Crippen LogP contribution < -0.4 is 10.1 Å². The van der Waals surface area contributed by atoms with E-state index in [1.807, 2.05) is 6.92 Å². The number of benzene rings is 2. The highest BCUT2D eigenvalue weighted by atomic mass is 35.5. The third-order valence-corrected chi connectivity index (χ3v) is 9.59. The van der Waals surface area contributed by atoms with Crippen LogP contribution in [0.5, 0.6) is 5.75 Å². The first-order chi connectivity index (χ1) is 19.0. The van der Waals surface area contributed by atoms with Crippen LogP contribution in [0.4, 0.5) is 5.69 Å². The average molecular weight is 594 g/mol. The summed E-state index contributed by atoms with van der Waals surface area (Å²) in [6.45, 7) is 4.58. The number of ether oxygens (including phenoxy) is 2. The second kappa shape index (κ2) is 12.9. The number of carbonyl (C=O) groups excluding carboxylic acids is 2. The third-order valence-electron chi connectivity index (χ3n) is 7.50. The lowest BCUT2D eigenvalue weighted by Crippen LogP contribution is -2.50. The molecule has 218 valence electrons. The Morgan fingerprint density at radius 2 is 1.88 bits per heavy atom. The number of para-hydroxylation sites is 1. The van der Waals surface area contributed by atoms with Crippen LogP contribution in [0.15, 0.2) is 47.4 Å². The molecule has 0 unspecified atom stereocenters. The number of likely N-dealkylation sites (N-methyl/N-ethyl adjacent to an activating group) is 1. The fraction of sp³-hybridized carbons (Fsp3) is 0.500. The number of rotatable bonds is 8. The Balaban J connectivity index is 1.69. The van der Waals surface area contributed by atoms with Crippen molar-refractivity contribution >= 4 is 39.1 Å². The van der Waals surface area contributed by atoms with Crippen molar-refractivity contribution in [3.63, 3.8) is 0 Å². The predicted octanol–water partition coefficient (Wildman–Crippen LogP) is 3.25. The number of sulfonamides is 1. The number of carbonyl (C=O) groups is 2. The summed E-state index contributed by atoms with van der Waals surface area (Å²) in [5, 5.41) is 13.3. The van der Waals surface area contributed by atoms with Gasteiger partial charge in [0.05, 0.1) is 35.3 Å². The molecule has 40 heavy (non-hydrogen) atoms. The number of nitrogens with one attached hydrogen (secondary N) is 1. The Kier molecular flexibility index (Phi) is 9.73. The van der Waals surface area contributed by atoms with Crippen LogP contribution in [-0.4, -0.2) is 86.6 Å². The van der Waals surface area contributed by atoms with Crippen molar-refractivity contribution in [3.8, 4) is 5.75 Å². The number of nitrogens with zero attached hydrogens (tertiary/aromatic N) is 2. The van der Waals surface area contributed by atoms with E-state index in [0.717, 1.165) is 0 Å². The summed E-state index contributed by atoms with van der Waals surface area (Å²) in [6.07, 6.45) is 0.499. The van der Waals surface area contributed by atoms with Gasteiger partial charge in [-0.3, -0.25) is 9.59 Å². The van der Waals surface area contributed by atoms with Crippen LogP contribution in [0, 0.1) is 11.8 Å². The van der Waals surface area contributed by atoms with Gasteiger partial charge in [-0.25, -0.2) is 8.42 Å². The Morgan fingerprint density at radius 1 is 1.20 bits per heavy atom. The topological polar surface area (TPSA) is 125 Å². The van der Waals surface area contributed by atoms with E-state index in [4.69, 9.17) is 21.1 Å². The van der Waals surface area contributed by atoms with Gasteiger partial charge >= 0.3 is 0 Å². The second-order valence-corrected chi connectivity index (χ2v) is 12.9. The lowest BCUT2D eigenvalue weighted by Gasteiger charge is -2.38. The number of amides is 2. The summed E-state index contributed by atoms with van der Waals surface area (Å²) in [7, 11) is -2.40. The van der Waals surface area contributed by atoms with Crippen LogP contribution in [0.3, 0.4) is 0 Å². The first-order valence-electron chi connectivity index (χ1n) is 13.3. The van der Waals surface area contributed by atoms with Gasteiger partial charge in [0.2, 0.25) is 15.9 Å². The van der Waals surface area contributed by atoms with Crippen molar-refractivity contribution in [3.05, 3.63) is 53.1 Å². The molecule has 0 saturated carbocycles. The number of hydrogen-bond donors (Lipinski definition) is 2. The Morgan fingerprint density at radius 3 is 2.52 bits per heavy atom. The van der Waals surface area contributed by atoms with Crippen molar-refractivity contribution in [1.82, 2.24) is 9.21 Å². The molecule has 1 saturated heterocycles. The maximum atomic E-state index is 13.7. The Bertz CT molecular complexity index is 1320. The highest BCUT2D eigenvalue weighted by molar-refractivity contribution is 7.89. The van der Waals surface area contributed by atoms with E-state index in [-0.39, 0.29) is 59.6 Å². The summed E-state index contributed by atoms with van der Waals surface area (Å²) in [5.41, 5.74) is 0.562. The Hall–Kier alpha value is -2.70. The molecule has 0 aromatic heterocycles. The van der Waals surface area contributed by atoms with E-state index in [9.17, 15) is 23.1 Å². The summed E-state index contributed by atoms with van der Waals surface area (Å²) < 4.78 is 39.7. The molecule has 10 nitrogen and oxygen atoms in total. The number of halogens is 1. The van der Waals surface area contributed by atoms with Crippen LogP contribution in [0.25, 0.3) is 0 Å². The van der Waals surface area contributed by atoms with Gasteiger partial charge in [0.15, 0.2) is 5.75 Å². The number of hydrogen-bond acceptors (Lipinski definition) is 7. The van der Waals surface area contributed by atoms with Crippen molar-refractivity contribution in [2.75, 3.05) is 45.3 Å². The zero-order valence-corrected chi connectivity index (χ0v) is 24.5. The highest BCUT2D eigenvalue weighted by Crippen LogP contribution is 2.36. The molecule has 0 bridgehead atoms. The lowest BCUT2D eigenvalue weighted by atomic mass is 9.98. The van der Waals surface area contributed by atoms with Gasteiger partial charge in [-0.15, -0.1) is 0 Å². The monoisotopic (exact) mass is 593 g/mol. The van der Waals surface area contributed by atoms with Crippen molar-refractivity contribution < 1.29 is 32.6 Å². The molecule has 2 aromatic carbocycles. The maximum Gasteiger partial charge on any atom is 0.258 e. The summed E-state index contributed by atoms with van der Waals surface area (Å²) >= 11 is 5.95. The molecule has 2 N–H and O–H groups in total. The third kappa shape index (κ3) is 6.60. The van der Waals surface area contributed by atoms with E-state index < -0.39 is 22.2 Å². The van der Waals surface area contributed by atoms with Gasteiger partial charge in [-0.2, -0.15) is 4.31 Å². The van der Waals surface area contributed by atoms with Crippen LogP contribution in [0.1, 0.15) is 37.0 Å². The van der Waals surface area contributed by atoms with E-state index >= 15 is 0 Å². The standard InChI is InChI=1S/C28H36ClN3O7S/c1-18-15-32(19(2)17-33)28(35)23-5-4-6-24(30-27(34)20-11-13-38-14-12-20)26(23)39-25(18)16-31(3)40(36,37)22-9-7-21(29)8-10-22/h4-10,18-20,25,33H,11-17H2,1-3H3,(H,30,34)/t18-,19-,25-/m1/s1. The minimum atomic E-state index is -3.87. The summed E-state index contributed by atoms with van der Waals surface area (Å²) in [6, 6.07) is 10.4. The van der Waals surface area contributed by atoms with E-state index in [1.165, 1.54) is 35.6 Å². The summed E-state index contributed by atoms with van der Waals surface area (Å²) in [5.74, 6) is -0.913. The first kappa shape index (κ1) is 30.3. The molecule has 0 aliphatic carbocycles. The molecule has 2 aromatic rings. The fourth-order valence-electron chi connectivity index (χ4n) is 4.89.